The van der Waals surface area contributed by atoms with Crippen LogP contribution in [0.1, 0.15) is 35.7 Å². The minimum Gasteiger partial charge on any atom is -0.452 e. The van der Waals surface area contributed by atoms with E-state index in [4.69, 9.17) is 9.15 Å². The summed E-state index contributed by atoms with van der Waals surface area (Å²) in [6.07, 6.45) is 1.73. The number of unbranched alkanes of at least 4 members (excludes halogenated alkanes) is 1. The zero-order valence-corrected chi connectivity index (χ0v) is 17.9. The SMILES string of the molecule is CCCCNC(=O)NC(=O)COC(=O)c1ccc(-c2nnc(-c3ccc(C)cc3)o2)cc1. The van der Waals surface area contributed by atoms with Crippen LogP contribution in [-0.4, -0.2) is 41.3 Å². The molecular weight excluding hydrogens is 412 g/mol. The van der Waals surface area contributed by atoms with Crippen molar-refractivity contribution < 1.29 is 23.5 Å². The van der Waals surface area contributed by atoms with Crippen molar-refractivity contribution in [2.24, 2.45) is 0 Å². The predicted octanol–water partition coefficient (Wildman–Crippen LogP) is 3.49. The quantitative estimate of drug-likeness (QED) is 0.409. The van der Waals surface area contributed by atoms with Crippen LogP contribution < -0.4 is 10.6 Å². The summed E-state index contributed by atoms with van der Waals surface area (Å²) in [5.74, 6) is -0.690. The van der Waals surface area contributed by atoms with Gasteiger partial charge in [0.25, 0.3) is 5.91 Å². The molecule has 1 aromatic heterocycles. The van der Waals surface area contributed by atoms with Crippen molar-refractivity contribution in [1.29, 1.82) is 0 Å². The van der Waals surface area contributed by atoms with Crippen molar-refractivity contribution in [3.05, 3.63) is 59.7 Å². The highest BCUT2D eigenvalue weighted by Crippen LogP contribution is 2.24. The third kappa shape index (κ3) is 6.24. The Bertz CT molecular complexity index is 1070. The molecule has 0 fully saturated rings. The maximum atomic E-state index is 12.2. The Kier molecular flexibility index (Phi) is 7.69. The number of urea groups is 1. The number of hydrogen-bond acceptors (Lipinski definition) is 7. The van der Waals surface area contributed by atoms with E-state index in [0.717, 1.165) is 24.0 Å². The molecule has 2 aromatic carbocycles. The fourth-order valence-electron chi connectivity index (χ4n) is 2.70. The van der Waals surface area contributed by atoms with Gasteiger partial charge in [-0.1, -0.05) is 31.0 Å². The molecule has 3 amide bonds. The zero-order chi connectivity index (χ0) is 22.9. The molecule has 166 valence electrons. The number of esters is 1. The highest BCUT2D eigenvalue weighted by molar-refractivity contribution is 5.97. The Morgan fingerprint density at radius 3 is 2.12 bits per heavy atom. The highest BCUT2D eigenvalue weighted by atomic mass is 16.5. The Labute approximate surface area is 185 Å². The van der Waals surface area contributed by atoms with E-state index in [0.29, 0.717) is 23.9 Å². The highest BCUT2D eigenvalue weighted by Gasteiger charge is 2.14. The summed E-state index contributed by atoms with van der Waals surface area (Å²) in [5, 5.41) is 12.8. The smallest absolute Gasteiger partial charge is 0.338 e. The monoisotopic (exact) mass is 436 g/mol. The fraction of sp³-hybridized carbons (Fsp3) is 0.261. The second-order valence-electron chi connectivity index (χ2n) is 7.09. The van der Waals surface area contributed by atoms with Gasteiger partial charge in [0.15, 0.2) is 6.61 Å². The number of aryl methyl sites for hydroxylation is 1. The largest absolute Gasteiger partial charge is 0.452 e. The van der Waals surface area contributed by atoms with Gasteiger partial charge in [-0.15, -0.1) is 10.2 Å². The Balaban J connectivity index is 1.53. The molecule has 0 atom stereocenters. The molecule has 0 saturated heterocycles. The number of carbonyl (C=O) groups excluding carboxylic acids is 3. The summed E-state index contributed by atoms with van der Waals surface area (Å²) >= 11 is 0. The van der Waals surface area contributed by atoms with Crippen molar-refractivity contribution >= 4 is 17.9 Å². The average Bonchev–Trinajstić information content (AvgIpc) is 3.28. The summed E-state index contributed by atoms with van der Waals surface area (Å²) in [6, 6.07) is 13.4. The number of imide groups is 1. The molecule has 3 rings (SSSR count). The number of ether oxygens (including phenoxy) is 1. The molecule has 0 bridgehead atoms. The number of nitrogens with one attached hydrogen (secondary N) is 2. The van der Waals surface area contributed by atoms with Gasteiger partial charge in [-0.3, -0.25) is 10.1 Å². The van der Waals surface area contributed by atoms with Crippen LogP contribution in [0.2, 0.25) is 0 Å². The predicted molar refractivity (Wildman–Crippen MR) is 117 cm³/mol. The molecule has 0 radical (unpaired) electrons. The first kappa shape index (κ1) is 22.7. The maximum absolute atomic E-state index is 12.2. The lowest BCUT2D eigenvalue weighted by molar-refractivity contribution is -0.123. The summed E-state index contributed by atoms with van der Waals surface area (Å²) in [4.78, 5) is 35.4. The van der Waals surface area contributed by atoms with E-state index in [-0.39, 0.29) is 5.56 Å². The summed E-state index contributed by atoms with van der Waals surface area (Å²) in [7, 11) is 0. The molecule has 0 aliphatic heterocycles. The van der Waals surface area contributed by atoms with E-state index in [9.17, 15) is 14.4 Å². The lowest BCUT2D eigenvalue weighted by Crippen LogP contribution is -2.41. The van der Waals surface area contributed by atoms with Crippen molar-refractivity contribution in [2.45, 2.75) is 26.7 Å². The second-order valence-corrected chi connectivity index (χ2v) is 7.09. The van der Waals surface area contributed by atoms with Gasteiger partial charge in [0.05, 0.1) is 5.56 Å². The van der Waals surface area contributed by atoms with E-state index in [1.807, 2.05) is 38.1 Å². The van der Waals surface area contributed by atoms with Gasteiger partial charge in [0, 0.05) is 17.7 Å². The molecule has 3 aromatic rings. The van der Waals surface area contributed by atoms with Gasteiger partial charge in [-0.2, -0.15) is 0 Å². The van der Waals surface area contributed by atoms with Crippen LogP contribution in [0.15, 0.2) is 52.9 Å². The van der Waals surface area contributed by atoms with Crippen LogP contribution in [0.25, 0.3) is 22.9 Å². The molecule has 1 heterocycles. The first-order valence-corrected chi connectivity index (χ1v) is 10.2. The molecule has 2 N–H and O–H groups in total. The van der Waals surface area contributed by atoms with Crippen LogP contribution in [0.3, 0.4) is 0 Å². The van der Waals surface area contributed by atoms with E-state index in [1.165, 1.54) is 12.1 Å². The first-order chi connectivity index (χ1) is 15.5. The zero-order valence-electron chi connectivity index (χ0n) is 17.9. The number of rotatable bonds is 8. The van der Waals surface area contributed by atoms with Crippen LogP contribution in [0.4, 0.5) is 4.79 Å². The van der Waals surface area contributed by atoms with Gasteiger partial charge in [0.2, 0.25) is 11.8 Å². The molecule has 32 heavy (non-hydrogen) atoms. The van der Waals surface area contributed by atoms with Gasteiger partial charge >= 0.3 is 12.0 Å². The van der Waals surface area contributed by atoms with Crippen molar-refractivity contribution in [2.75, 3.05) is 13.2 Å². The topological polar surface area (TPSA) is 123 Å². The number of aromatic nitrogens is 2. The van der Waals surface area contributed by atoms with E-state index >= 15 is 0 Å². The minimum absolute atomic E-state index is 0.243. The normalized spacial score (nSPS) is 10.4. The molecule has 0 unspecified atom stereocenters. The number of benzene rings is 2. The van der Waals surface area contributed by atoms with Crippen molar-refractivity contribution in [3.8, 4) is 22.9 Å². The van der Waals surface area contributed by atoms with Crippen molar-refractivity contribution in [1.82, 2.24) is 20.8 Å². The van der Waals surface area contributed by atoms with E-state index in [1.54, 1.807) is 12.1 Å². The van der Waals surface area contributed by atoms with Gasteiger partial charge in [0.1, 0.15) is 0 Å². The first-order valence-electron chi connectivity index (χ1n) is 10.2. The number of amides is 3. The molecule has 0 saturated carbocycles. The van der Waals surface area contributed by atoms with Gasteiger partial charge in [-0.25, -0.2) is 9.59 Å². The van der Waals surface area contributed by atoms with Crippen LogP contribution >= 0.6 is 0 Å². The number of carbonyl (C=O) groups is 3. The molecule has 0 aliphatic carbocycles. The molecule has 9 heteroatoms. The second kappa shape index (κ2) is 10.9. The number of nitrogens with zero attached hydrogens (tertiary/aromatic N) is 2. The standard InChI is InChI=1S/C23H24N4O5/c1-3-4-13-24-23(30)25-19(28)14-31-22(29)18-11-9-17(10-12-18)21-27-26-20(32-21)16-7-5-15(2)6-8-16/h5-12H,3-4,13-14H2,1-2H3,(H2,24,25,28,30). The Hall–Kier alpha value is -4.01. The Morgan fingerprint density at radius 1 is 0.938 bits per heavy atom. The third-order valence-electron chi connectivity index (χ3n) is 4.49. The fourth-order valence-corrected chi connectivity index (χ4v) is 2.70. The summed E-state index contributed by atoms with van der Waals surface area (Å²) < 4.78 is 10.7. The number of hydrogen-bond donors (Lipinski definition) is 2. The van der Waals surface area contributed by atoms with Gasteiger partial charge < -0.3 is 14.5 Å². The van der Waals surface area contributed by atoms with Crippen molar-refractivity contribution in [3.63, 3.8) is 0 Å². The lowest BCUT2D eigenvalue weighted by atomic mass is 10.1. The van der Waals surface area contributed by atoms with Crippen LogP contribution in [0.5, 0.6) is 0 Å². The molecule has 0 aliphatic rings. The van der Waals surface area contributed by atoms with Crippen LogP contribution in [0, 0.1) is 6.92 Å². The Morgan fingerprint density at radius 2 is 1.53 bits per heavy atom. The molecule has 9 nitrogen and oxygen atoms in total. The van der Waals surface area contributed by atoms with E-state index in [2.05, 4.69) is 20.8 Å². The average molecular weight is 436 g/mol. The molecule has 0 spiro atoms. The molecular formula is C23H24N4O5. The van der Waals surface area contributed by atoms with Gasteiger partial charge in [-0.05, 0) is 49.7 Å². The lowest BCUT2D eigenvalue weighted by Gasteiger charge is -2.07. The minimum atomic E-state index is -0.710. The maximum Gasteiger partial charge on any atom is 0.338 e. The summed E-state index contributed by atoms with van der Waals surface area (Å²) in [6.45, 7) is 3.88. The van der Waals surface area contributed by atoms with Crippen LogP contribution in [-0.2, 0) is 9.53 Å². The third-order valence-corrected chi connectivity index (χ3v) is 4.49. The summed E-state index contributed by atoms with van der Waals surface area (Å²) in [5.41, 5.74) is 2.82. The van der Waals surface area contributed by atoms with E-state index < -0.39 is 24.5 Å².